The quantitative estimate of drug-likeness (QED) is 0.343. The number of hydrogen-bond acceptors (Lipinski definition) is 6. The molecule has 0 aliphatic carbocycles. The van der Waals surface area contributed by atoms with Gasteiger partial charge in [0.2, 0.25) is 0 Å². The maximum absolute atomic E-state index is 13.9. The zero-order chi connectivity index (χ0) is 23.4. The van der Waals surface area contributed by atoms with Crippen LogP contribution in [0.15, 0.2) is 64.8 Å². The van der Waals surface area contributed by atoms with Crippen molar-refractivity contribution in [3.8, 4) is 6.07 Å². The van der Waals surface area contributed by atoms with Crippen LogP contribution in [0, 0.1) is 29.9 Å². The van der Waals surface area contributed by atoms with E-state index in [2.05, 4.69) is 31.6 Å². The van der Waals surface area contributed by atoms with E-state index in [4.69, 9.17) is 11.6 Å². The van der Waals surface area contributed by atoms with Crippen LogP contribution in [0.2, 0.25) is 5.02 Å². The minimum Gasteiger partial charge on any atom is -0.379 e. The average Bonchev–Trinajstić information content (AvgIpc) is 3.21. The topological polar surface area (TPSA) is 90.3 Å². The van der Waals surface area contributed by atoms with E-state index in [0.29, 0.717) is 27.9 Å². The normalized spacial score (nSPS) is 11.7. The highest BCUT2D eigenvalue weighted by molar-refractivity contribution is 7.99. The Kier molecular flexibility index (Phi) is 6.87. The fraction of sp³-hybridized carbons (Fsp3) is 0.130. The predicted octanol–water partition coefficient (Wildman–Crippen LogP) is 5.86. The van der Waals surface area contributed by atoms with E-state index in [1.165, 1.54) is 12.1 Å². The number of aromatic nitrogens is 4. The first-order valence-electron chi connectivity index (χ1n) is 9.83. The molecule has 2 aromatic carbocycles. The van der Waals surface area contributed by atoms with Crippen LogP contribution in [-0.2, 0) is 6.54 Å². The highest BCUT2D eigenvalue weighted by Crippen LogP contribution is 2.33. The van der Waals surface area contributed by atoms with Gasteiger partial charge in [0, 0.05) is 27.4 Å². The average molecular weight is 483 g/mol. The zero-order valence-corrected chi connectivity index (χ0v) is 18.9. The summed E-state index contributed by atoms with van der Waals surface area (Å²) < 4.78 is 27.0. The summed E-state index contributed by atoms with van der Waals surface area (Å²) in [6, 6.07) is 14.2. The standard InChI is InChI=1S/C23H17ClF2N6S/c1-13-21(30-12-29-13)11-28-15-3-4-16(18(24)9-15)17(10-27)20-5-7-23(32-31-20)33-22-6-2-14(25)8-19(22)26/h2-9,12,17,28H,11H2,1H3,(H,29,30). The summed E-state index contributed by atoms with van der Waals surface area (Å²) in [5.41, 5.74) is 3.69. The van der Waals surface area contributed by atoms with Gasteiger partial charge >= 0.3 is 0 Å². The van der Waals surface area contributed by atoms with Gasteiger partial charge in [-0.25, -0.2) is 13.8 Å². The fourth-order valence-electron chi connectivity index (χ4n) is 3.13. The lowest BCUT2D eigenvalue weighted by molar-refractivity contribution is 0.565. The predicted molar refractivity (Wildman–Crippen MR) is 122 cm³/mol. The second-order valence-corrected chi connectivity index (χ2v) is 8.57. The van der Waals surface area contributed by atoms with Crippen LogP contribution >= 0.6 is 23.4 Å². The van der Waals surface area contributed by atoms with Crippen LogP contribution in [0.4, 0.5) is 14.5 Å². The second kappa shape index (κ2) is 9.98. The Morgan fingerprint density at radius 3 is 2.64 bits per heavy atom. The minimum atomic E-state index is -0.728. The lowest BCUT2D eigenvalue weighted by Gasteiger charge is -2.13. The molecule has 0 bridgehead atoms. The van der Waals surface area contributed by atoms with Gasteiger partial charge in [-0.05, 0) is 48.9 Å². The molecule has 10 heteroatoms. The van der Waals surface area contributed by atoms with Crippen LogP contribution in [0.25, 0.3) is 0 Å². The smallest absolute Gasteiger partial charge is 0.140 e. The molecule has 2 aromatic heterocycles. The number of nitrogens with zero attached hydrogens (tertiary/aromatic N) is 4. The van der Waals surface area contributed by atoms with E-state index in [9.17, 15) is 14.0 Å². The van der Waals surface area contributed by atoms with Gasteiger partial charge < -0.3 is 10.3 Å². The third kappa shape index (κ3) is 5.30. The van der Waals surface area contributed by atoms with Gasteiger partial charge in [0.15, 0.2) is 0 Å². The Bertz CT molecular complexity index is 1320. The molecule has 4 rings (SSSR count). The molecular weight excluding hydrogens is 466 g/mol. The number of benzene rings is 2. The SMILES string of the molecule is Cc1[nH]cnc1CNc1ccc(C(C#N)c2ccc(Sc3ccc(F)cc3F)nn2)c(Cl)c1. The highest BCUT2D eigenvalue weighted by Gasteiger charge is 2.19. The van der Waals surface area contributed by atoms with Crippen LogP contribution in [0.1, 0.15) is 28.6 Å². The molecule has 0 aliphatic rings. The first-order valence-corrected chi connectivity index (χ1v) is 11.0. The fourth-order valence-corrected chi connectivity index (χ4v) is 4.15. The zero-order valence-electron chi connectivity index (χ0n) is 17.3. The van der Waals surface area contributed by atoms with Crippen molar-refractivity contribution in [2.24, 2.45) is 0 Å². The molecule has 0 amide bonds. The van der Waals surface area contributed by atoms with Crippen molar-refractivity contribution in [1.29, 1.82) is 5.26 Å². The number of halogens is 3. The van der Waals surface area contributed by atoms with Crippen LogP contribution in [0.5, 0.6) is 0 Å². The number of rotatable bonds is 7. The molecule has 0 spiro atoms. The van der Waals surface area contributed by atoms with E-state index in [0.717, 1.165) is 34.9 Å². The number of anilines is 1. The van der Waals surface area contributed by atoms with Gasteiger partial charge in [0.25, 0.3) is 0 Å². The molecule has 0 saturated carbocycles. The van der Waals surface area contributed by atoms with E-state index in [-0.39, 0.29) is 4.90 Å². The molecule has 1 unspecified atom stereocenters. The Balaban J connectivity index is 1.48. The van der Waals surface area contributed by atoms with E-state index < -0.39 is 17.6 Å². The van der Waals surface area contributed by atoms with Crippen molar-refractivity contribution in [1.82, 2.24) is 20.2 Å². The van der Waals surface area contributed by atoms with Crippen molar-refractivity contribution >= 4 is 29.1 Å². The van der Waals surface area contributed by atoms with Gasteiger partial charge in [0.05, 0.1) is 30.3 Å². The maximum Gasteiger partial charge on any atom is 0.140 e. The number of H-pyrrole nitrogens is 1. The second-order valence-electron chi connectivity index (χ2n) is 7.10. The lowest BCUT2D eigenvalue weighted by Crippen LogP contribution is -2.05. The highest BCUT2D eigenvalue weighted by atomic mass is 35.5. The number of nitriles is 1. The molecule has 2 N–H and O–H groups in total. The molecule has 0 aliphatic heterocycles. The van der Waals surface area contributed by atoms with Crippen LogP contribution < -0.4 is 5.32 Å². The van der Waals surface area contributed by atoms with Crippen molar-refractivity contribution < 1.29 is 8.78 Å². The third-order valence-corrected chi connectivity index (χ3v) is 6.20. The minimum absolute atomic E-state index is 0.228. The molecule has 2 heterocycles. The molecule has 4 aromatic rings. The lowest BCUT2D eigenvalue weighted by atomic mass is 9.96. The van der Waals surface area contributed by atoms with Gasteiger partial charge in [-0.1, -0.05) is 29.4 Å². The van der Waals surface area contributed by atoms with E-state index >= 15 is 0 Å². The van der Waals surface area contributed by atoms with Crippen molar-refractivity contribution in [2.45, 2.75) is 29.3 Å². The summed E-state index contributed by atoms with van der Waals surface area (Å²) in [5.74, 6) is -2.05. The summed E-state index contributed by atoms with van der Waals surface area (Å²) in [5, 5.41) is 22.1. The van der Waals surface area contributed by atoms with Gasteiger partial charge in [-0.15, -0.1) is 5.10 Å². The summed E-state index contributed by atoms with van der Waals surface area (Å²) in [6.45, 7) is 2.48. The van der Waals surface area contributed by atoms with Gasteiger partial charge in [-0.3, -0.25) is 0 Å². The van der Waals surface area contributed by atoms with Crippen molar-refractivity contribution in [3.63, 3.8) is 0 Å². The molecule has 166 valence electrons. The number of nitrogens with one attached hydrogen (secondary N) is 2. The number of hydrogen-bond donors (Lipinski definition) is 2. The molecule has 0 radical (unpaired) electrons. The summed E-state index contributed by atoms with van der Waals surface area (Å²) in [4.78, 5) is 7.50. The molecular formula is C23H17ClF2N6S. The Labute approximate surface area is 198 Å². The van der Waals surface area contributed by atoms with Gasteiger partial charge in [-0.2, -0.15) is 10.4 Å². The van der Waals surface area contributed by atoms with Crippen molar-refractivity contribution in [2.75, 3.05) is 5.32 Å². The maximum atomic E-state index is 13.9. The monoisotopic (exact) mass is 482 g/mol. The van der Waals surface area contributed by atoms with Crippen LogP contribution in [-0.4, -0.2) is 20.2 Å². The summed E-state index contributed by atoms with van der Waals surface area (Å²) >= 11 is 7.49. The molecule has 0 fully saturated rings. The Morgan fingerprint density at radius 2 is 2.00 bits per heavy atom. The molecule has 0 saturated heterocycles. The third-order valence-electron chi connectivity index (χ3n) is 4.90. The number of aromatic amines is 1. The largest absolute Gasteiger partial charge is 0.379 e. The Hall–Kier alpha value is -3.48. The molecule has 6 nitrogen and oxygen atoms in total. The van der Waals surface area contributed by atoms with Gasteiger partial charge in [0.1, 0.15) is 22.6 Å². The Morgan fingerprint density at radius 1 is 1.15 bits per heavy atom. The number of imidazole rings is 1. The summed E-state index contributed by atoms with van der Waals surface area (Å²) in [6.07, 6.45) is 1.64. The van der Waals surface area contributed by atoms with E-state index in [1.54, 1.807) is 30.6 Å². The van der Waals surface area contributed by atoms with Crippen molar-refractivity contribution in [3.05, 3.63) is 94.2 Å². The van der Waals surface area contributed by atoms with E-state index in [1.807, 2.05) is 13.0 Å². The van der Waals surface area contributed by atoms with Crippen LogP contribution in [0.3, 0.4) is 0 Å². The first-order chi connectivity index (χ1) is 15.9. The first kappa shape index (κ1) is 22.7. The summed E-state index contributed by atoms with van der Waals surface area (Å²) in [7, 11) is 0. The molecule has 33 heavy (non-hydrogen) atoms. The number of aryl methyl sites for hydroxylation is 1. The molecule has 1 atom stereocenters.